The van der Waals surface area contributed by atoms with Crippen LogP contribution in [-0.2, 0) is 6.54 Å². The summed E-state index contributed by atoms with van der Waals surface area (Å²) < 4.78 is 5.63. The van der Waals surface area contributed by atoms with E-state index in [2.05, 4.69) is 20.5 Å². The van der Waals surface area contributed by atoms with Crippen molar-refractivity contribution < 1.29 is 4.79 Å². The molecule has 5 aromatic rings. The molecule has 166 valence electrons. The molecule has 0 radical (unpaired) electrons. The number of amides is 1. The van der Waals surface area contributed by atoms with E-state index in [0.29, 0.717) is 11.2 Å². The lowest BCUT2D eigenvalue weighted by atomic mass is 10.1. The largest absolute Gasteiger partial charge is 0.345 e. The third-order valence-electron chi connectivity index (χ3n) is 5.84. The summed E-state index contributed by atoms with van der Waals surface area (Å²) in [4.78, 5) is 17.5. The first kappa shape index (κ1) is 20.7. The Hall–Kier alpha value is -4.20. The molecule has 1 amide bonds. The minimum absolute atomic E-state index is 0.167. The monoisotopic (exact) mass is 439 g/mol. The Balaban J connectivity index is 1.39. The van der Waals surface area contributed by atoms with Crippen LogP contribution in [0.3, 0.4) is 0 Å². The summed E-state index contributed by atoms with van der Waals surface area (Å²) in [6, 6.07) is 13.8. The summed E-state index contributed by atoms with van der Waals surface area (Å²) in [6.07, 6.45) is 9.27. The molecule has 4 aromatic heterocycles. The molecule has 1 atom stereocenters. The fraction of sp³-hybridized carbons (Fsp3) is 0.200. The van der Waals surface area contributed by atoms with E-state index in [1.807, 2.05) is 91.1 Å². The third-order valence-corrected chi connectivity index (χ3v) is 5.84. The number of carbonyl (C=O) groups excluding carboxylic acids is 1. The number of nitrogens with zero attached hydrogens (tertiary/aromatic N) is 6. The maximum Gasteiger partial charge on any atom is 0.257 e. The summed E-state index contributed by atoms with van der Waals surface area (Å²) >= 11 is 0. The zero-order valence-corrected chi connectivity index (χ0v) is 18.8. The number of aromatic nitrogens is 6. The Kier molecular flexibility index (Phi) is 5.26. The molecule has 0 saturated carbocycles. The number of rotatable bonds is 6. The van der Waals surface area contributed by atoms with Crippen LogP contribution in [0.5, 0.6) is 0 Å². The highest BCUT2D eigenvalue weighted by Gasteiger charge is 2.19. The molecule has 1 aromatic carbocycles. The van der Waals surface area contributed by atoms with Gasteiger partial charge in [0.2, 0.25) is 0 Å². The van der Waals surface area contributed by atoms with E-state index in [4.69, 9.17) is 0 Å². The molecule has 0 aliphatic heterocycles. The van der Waals surface area contributed by atoms with Gasteiger partial charge in [-0.1, -0.05) is 12.1 Å². The van der Waals surface area contributed by atoms with Crippen LogP contribution in [0.25, 0.3) is 22.6 Å². The molecular weight excluding hydrogens is 414 g/mol. The van der Waals surface area contributed by atoms with Crippen molar-refractivity contribution in [2.75, 3.05) is 0 Å². The fourth-order valence-corrected chi connectivity index (χ4v) is 3.99. The van der Waals surface area contributed by atoms with Gasteiger partial charge in [0.1, 0.15) is 5.56 Å². The third kappa shape index (κ3) is 3.80. The van der Waals surface area contributed by atoms with Gasteiger partial charge in [-0.2, -0.15) is 10.2 Å². The van der Waals surface area contributed by atoms with E-state index in [-0.39, 0.29) is 11.9 Å². The SMILES string of the molecule is CCn1cc(-c2ccnc3c(C(=O)NC(C)c4ccc(-n5cccc5)cc4)cnn23)c(C)n1. The van der Waals surface area contributed by atoms with E-state index < -0.39 is 0 Å². The summed E-state index contributed by atoms with van der Waals surface area (Å²) in [6.45, 7) is 6.76. The van der Waals surface area contributed by atoms with Crippen molar-refractivity contribution in [3.05, 3.63) is 90.3 Å². The van der Waals surface area contributed by atoms with Gasteiger partial charge in [0.25, 0.3) is 5.91 Å². The van der Waals surface area contributed by atoms with E-state index in [9.17, 15) is 4.79 Å². The molecule has 33 heavy (non-hydrogen) atoms. The quantitative estimate of drug-likeness (QED) is 0.430. The van der Waals surface area contributed by atoms with Gasteiger partial charge in [0.05, 0.1) is 23.6 Å². The van der Waals surface area contributed by atoms with Crippen molar-refractivity contribution in [1.82, 2.24) is 34.3 Å². The van der Waals surface area contributed by atoms with Crippen LogP contribution >= 0.6 is 0 Å². The molecule has 8 nitrogen and oxygen atoms in total. The van der Waals surface area contributed by atoms with Gasteiger partial charge in [-0.25, -0.2) is 9.50 Å². The topological polar surface area (TPSA) is 82.0 Å². The first-order chi connectivity index (χ1) is 16.0. The Labute approximate surface area is 191 Å². The Bertz CT molecular complexity index is 1410. The van der Waals surface area contributed by atoms with Gasteiger partial charge in [-0.05, 0) is 56.7 Å². The number of benzene rings is 1. The molecule has 0 aliphatic carbocycles. The molecule has 0 fully saturated rings. The molecule has 1 N–H and O–H groups in total. The summed E-state index contributed by atoms with van der Waals surface area (Å²) in [5.41, 5.74) is 5.77. The van der Waals surface area contributed by atoms with Crippen LogP contribution < -0.4 is 5.32 Å². The second kappa shape index (κ2) is 8.38. The minimum atomic E-state index is -0.211. The van der Waals surface area contributed by atoms with Crippen LogP contribution in [0, 0.1) is 6.92 Å². The molecule has 0 saturated heterocycles. The second-order valence-electron chi connectivity index (χ2n) is 7.98. The zero-order valence-electron chi connectivity index (χ0n) is 18.8. The highest BCUT2D eigenvalue weighted by atomic mass is 16.1. The van der Waals surface area contributed by atoms with Gasteiger partial charge in [-0.3, -0.25) is 9.48 Å². The number of hydrogen-bond donors (Lipinski definition) is 1. The number of nitrogens with one attached hydrogen (secondary N) is 1. The highest BCUT2D eigenvalue weighted by molar-refractivity contribution is 6.00. The smallest absolute Gasteiger partial charge is 0.257 e. The first-order valence-electron chi connectivity index (χ1n) is 11.0. The number of carbonyl (C=O) groups is 1. The Morgan fingerprint density at radius 2 is 1.88 bits per heavy atom. The Morgan fingerprint density at radius 1 is 1.12 bits per heavy atom. The van der Waals surface area contributed by atoms with Crippen molar-refractivity contribution in [2.24, 2.45) is 0 Å². The van der Waals surface area contributed by atoms with Crippen LogP contribution in [0.1, 0.15) is 41.5 Å². The van der Waals surface area contributed by atoms with Crippen molar-refractivity contribution in [3.8, 4) is 16.9 Å². The van der Waals surface area contributed by atoms with Gasteiger partial charge < -0.3 is 9.88 Å². The maximum absolute atomic E-state index is 13.1. The zero-order chi connectivity index (χ0) is 22.9. The second-order valence-corrected chi connectivity index (χ2v) is 7.98. The molecule has 0 aliphatic rings. The van der Waals surface area contributed by atoms with Crippen molar-refractivity contribution >= 4 is 11.6 Å². The highest BCUT2D eigenvalue weighted by Crippen LogP contribution is 2.24. The van der Waals surface area contributed by atoms with E-state index >= 15 is 0 Å². The van der Waals surface area contributed by atoms with E-state index in [0.717, 1.165) is 34.7 Å². The number of fused-ring (bicyclic) bond motifs is 1. The molecule has 8 heteroatoms. The lowest BCUT2D eigenvalue weighted by Gasteiger charge is -2.14. The van der Waals surface area contributed by atoms with Crippen LogP contribution in [0.4, 0.5) is 0 Å². The number of aryl methyl sites for hydroxylation is 2. The normalized spacial score (nSPS) is 12.2. The Morgan fingerprint density at radius 3 is 2.58 bits per heavy atom. The standard InChI is InChI=1S/C25H25N7O/c1-4-31-16-22(18(3)29-31)23-11-12-26-24-21(15-27-32(23)24)25(33)28-17(2)19-7-9-20(10-8-19)30-13-5-6-14-30/h5-17H,4H2,1-3H3,(H,28,33). The molecule has 5 rings (SSSR count). The van der Waals surface area contributed by atoms with Gasteiger partial charge in [0.15, 0.2) is 5.65 Å². The van der Waals surface area contributed by atoms with Gasteiger partial charge >= 0.3 is 0 Å². The van der Waals surface area contributed by atoms with E-state index in [1.54, 1.807) is 16.9 Å². The lowest BCUT2D eigenvalue weighted by Crippen LogP contribution is -2.26. The van der Waals surface area contributed by atoms with Crippen molar-refractivity contribution in [1.29, 1.82) is 0 Å². The first-order valence-corrected chi connectivity index (χ1v) is 11.0. The van der Waals surface area contributed by atoms with Crippen molar-refractivity contribution in [2.45, 2.75) is 33.4 Å². The fourth-order valence-electron chi connectivity index (χ4n) is 3.99. The van der Waals surface area contributed by atoms with Gasteiger partial charge in [0, 0.05) is 42.6 Å². The molecule has 4 heterocycles. The van der Waals surface area contributed by atoms with Crippen LogP contribution in [0.15, 0.2) is 73.4 Å². The van der Waals surface area contributed by atoms with E-state index in [1.165, 1.54) is 0 Å². The molecule has 1 unspecified atom stereocenters. The minimum Gasteiger partial charge on any atom is -0.345 e. The molecule has 0 bridgehead atoms. The predicted octanol–water partition coefficient (Wildman–Crippen LogP) is 4.20. The van der Waals surface area contributed by atoms with Crippen LogP contribution in [0.2, 0.25) is 0 Å². The number of hydrogen-bond acceptors (Lipinski definition) is 4. The van der Waals surface area contributed by atoms with Crippen LogP contribution in [-0.4, -0.2) is 34.9 Å². The summed E-state index contributed by atoms with van der Waals surface area (Å²) in [7, 11) is 0. The molecule has 0 spiro atoms. The maximum atomic E-state index is 13.1. The molecular formula is C25H25N7O. The van der Waals surface area contributed by atoms with Gasteiger partial charge in [-0.15, -0.1) is 0 Å². The average Bonchev–Trinajstić information content (AvgIpc) is 3.58. The average molecular weight is 440 g/mol. The predicted molar refractivity (Wildman–Crippen MR) is 126 cm³/mol. The van der Waals surface area contributed by atoms with Crippen molar-refractivity contribution in [3.63, 3.8) is 0 Å². The summed E-state index contributed by atoms with van der Waals surface area (Å²) in [5, 5.41) is 12.1. The lowest BCUT2D eigenvalue weighted by molar-refractivity contribution is 0.0941. The summed E-state index contributed by atoms with van der Waals surface area (Å²) in [5.74, 6) is -0.211.